The molecule has 1 fully saturated rings. The molecule has 1 aromatic carbocycles. The standard InChI is InChI=1S/C19H20F2N4O2S/c20-18(21)28-17-15(7-4-8-22-17)16(26)23-12-13-5-3-6-14(11-13)24-19(27)25-9-1-2-10-25/h3-8,11,18H,1-2,9-10,12H2,(H,23,26)(H,24,27). The maximum absolute atomic E-state index is 12.6. The van der Waals surface area contributed by atoms with Crippen LogP contribution < -0.4 is 10.6 Å². The summed E-state index contributed by atoms with van der Waals surface area (Å²) in [5, 5.41) is 5.54. The molecule has 3 rings (SSSR count). The number of hydrogen-bond acceptors (Lipinski definition) is 4. The Bertz CT molecular complexity index is 844. The van der Waals surface area contributed by atoms with Gasteiger partial charge in [-0.05, 0) is 54.4 Å². The number of carbonyl (C=O) groups excluding carboxylic acids is 2. The van der Waals surface area contributed by atoms with Gasteiger partial charge in [0.05, 0.1) is 5.56 Å². The van der Waals surface area contributed by atoms with Crippen LogP contribution in [0.25, 0.3) is 0 Å². The van der Waals surface area contributed by atoms with E-state index in [2.05, 4.69) is 15.6 Å². The Morgan fingerprint density at radius 1 is 1.18 bits per heavy atom. The molecule has 1 aromatic heterocycles. The molecule has 0 aliphatic carbocycles. The van der Waals surface area contributed by atoms with Crippen LogP contribution in [0.15, 0.2) is 47.6 Å². The molecule has 2 heterocycles. The van der Waals surface area contributed by atoms with Crippen LogP contribution in [-0.4, -0.2) is 40.7 Å². The minimum atomic E-state index is -2.66. The summed E-state index contributed by atoms with van der Waals surface area (Å²) in [5.41, 5.74) is 1.52. The van der Waals surface area contributed by atoms with Gasteiger partial charge in [-0.2, -0.15) is 8.78 Å². The van der Waals surface area contributed by atoms with Gasteiger partial charge in [0.1, 0.15) is 5.03 Å². The van der Waals surface area contributed by atoms with Crippen LogP contribution in [0, 0.1) is 0 Å². The Hall–Kier alpha value is -2.68. The van der Waals surface area contributed by atoms with E-state index in [1.165, 1.54) is 18.3 Å². The third kappa shape index (κ3) is 5.41. The summed E-state index contributed by atoms with van der Waals surface area (Å²) in [7, 11) is 0. The van der Waals surface area contributed by atoms with Crippen LogP contribution in [0.5, 0.6) is 0 Å². The van der Waals surface area contributed by atoms with Crippen LogP contribution in [0.3, 0.4) is 0 Å². The molecule has 6 nitrogen and oxygen atoms in total. The fourth-order valence-corrected chi connectivity index (χ4v) is 3.48. The topological polar surface area (TPSA) is 74.3 Å². The van der Waals surface area contributed by atoms with Gasteiger partial charge in [0.15, 0.2) is 0 Å². The minimum Gasteiger partial charge on any atom is -0.348 e. The van der Waals surface area contributed by atoms with E-state index in [0.29, 0.717) is 5.69 Å². The lowest BCUT2D eigenvalue weighted by atomic mass is 10.2. The van der Waals surface area contributed by atoms with Crippen LogP contribution in [0.4, 0.5) is 19.3 Å². The first-order valence-electron chi connectivity index (χ1n) is 8.86. The number of aromatic nitrogens is 1. The molecule has 0 atom stereocenters. The maximum Gasteiger partial charge on any atom is 0.321 e. The summed E-state index contributed by atoms with van der Waals surface area (Å²) in [6.45, 7) is 1.71. The number of thioether (sulfide) groups is 1. The molecule has 1 saturated heterocycles. The summed E-state index contributed by atoms with van der Waals surface area (Å²) >= 11 is 0.239. The summed E-state index contributed by atoms with van der Waals surface area (Å²) < 4.78 is 25.3. The number of alkyl halides is 2. The first kappa shape index (κ1) is 20.1. The average Bonchev–Trinajstić information content (AvgIpc) is 3.21. The zero-order valence-corrected chi connectivity index (χ0v) is 15.8. The molecule has 0 spiro atoms. The molecule has 0 bridgehead atoms. The van der Waals surface area contributed by atoms with Gasteiger partial charge in [0, 0.05) is 31.5 Å². The van der Waals surface area contributed by atoms with E-state index >= 15 is 0 Å². The van der Waals surface area contributed by atoms with Crippen LogP contribution in [0.1, 0.15) is 28.8 Å². The molecule has 3 amide bonds. The second-order valence-electron chi connectivity index (χ2n) is 6.24. The molecule has 0 saturated carbocycles. The summed E-state index contributed by atoms with van der Waals surface area (Å²) in [5.74, 6) is -3.14. The number of carbonyl (C=O) groups is 2. The summed E-state index contributed by atoms with van der Waals surface area (Å²) in [6, 6.07) is 9.98. The summed E-state index contributed by atoms with van der Waals surface area (Å²) in [6.07, 6.45) is 3.40. The highest BCUT2D eigenvalue weighted by Crippen LogP contribution is 2.26. The predicted octanol–water partition coefficient (Wildman–Crippen LogP) is 3.95. The maximum atomic E-state index is 12.6. The van der Waals surface area contributed by atoms with Crippen molar-refractivity contribution in [1.82, 2.24) is 15.2 Å². The minimum absolute atomic E-state index is 0.0124. The number of halogens is 2. The van der Waals surface area contributed by atoms with Crippen molar-refractivity contribution in [3.8, 4) is 0 Å². The lowest BCUT2D eigenvalue weighted by Gasteiger charge is -2.16. The third-order valence-corrected chi connectivity index (χ3v) is 4.97. The Labute approximate surface area is 165 Å². The predicted molar refractivity (Wildman–Crippen MR) is 104 cm³/mol. The zero-order valence-electron chi connectivity index (χ0n) is 15.0. The van der Waals surface area contributed by atoms with Gasteiger partial charge in [0.2, 0.25) is 0 Å². The number of anilines is 1. The lowest BCUT2D eigenvalue weighted by Crippen LogP contribution is -2.32. The molecule has 0 unspecified atom stereocenters. The van der Waals surface area contributed by atoms with Crippen molar-refractivity contribution in [2.75, 3.05) is 18.4 Å². The molecule has 28 heavy (non-hydrogen) atoms. The van der Waals surface area contributed by atoms with E-state index in [-0.39, 0.29) is 34.9 Å². The Balaban J connectivity index is 1.60. The van der Waals surface area contributed by atoms with Crippen molar-refractivity contribution in [2.24, 2.45) is 0 Å². The third-order valence-electron chi connectivity index (χ3n) is 4.24. The molecule has 2 N–H and O–H groups in total. The Kier molecular flexibility index (Phi) is 6.80. The number of rotatable bonds is 6. The van der Waals surface area contributed by atoms with E-state index < -0.39 is 11.7 Å². The van der Waals surface area contributed by atoms with Crippen LogP contribution >= 0.6 is 11.8 Å². The SMILES string of the molecule is O=C(NCc1cccc(NC(=O)N2CCCC2)c1)c1cccnc1SC(F)F. The van der Waals surface area contributed by atoms with E-state index in [9.17, 15) is 18.4 Å². The van der Waals surface area contributed by atoms with Crippen molar-refractivity contribution in [3.05, 3.63) is 53.7 Å². The van der Waals surface area contributed by atoms with Crippen LogP contribution in [-0.2, 0) is 6.54 Å². The number of hydrogen-bond donors (Lipinski definition) is 2. The van der Waals surface area contributed by atoms with Gasteiger partial charge >= 0.3 is 6.03 Å². The highest BCUT2D eigenvalue weighted by Gasteiger charge is 2.18. The van der Waals surface area contributed by atoms with Gasteiger partial charge in [-0.1, -0.05) is 12.1 Å². The van der Waals surface area contributed by atoms with Gasteiger partial charge in [-0.25, -0.2) is 9.78 Å². The zero-order chi connectivity index (χ0) is 19.9. The second-order valence-corrected chi connectivity index (χ2v) is 7.22. The number of likely N-dealkylation sites (tertiary alicyclic amines) is 1. The first-order chi connectivity index (χ1) is 13.5. The molecular formula is C19H20F2N4O2S. The molecule has 2 aromatic rings. The fourth-order valence-electron chi connectivity index (χ4n) is 2.90. The van der Waals surface area contributed by atoms with Crippen molar-refractivity contribution >= 4 is 29.4 Å². The first-order valence-corrected chi connectivity index (χ1v) is 9.74. The van der Waals surface area contributed by atoms with Gasteiger partial charge in [-0.15, -0.1) is 0 Å². The van der Waals surface area contributed by atoms with Crippen molar-refractivity contribution in [3.63, 3.8) is 0 Å². The van der Waals surface area contributed by atoms with E-state index in [0.717, 1.165) is 31.5 Å². The Morgan fingerprint density at radius 2 is 1.96 bits per heavy atom. The van der Waals surface area contributed by atoms with E-state index in [4.69, 9.17) is 0 Å². The molecule has 9 heteroatoms. The van der Waals surface area contributed by atoms with Gasteiger partial charge in [-0.3, -0.25) is 4.79 Å². The average molecular weight is 406 g/mol. The smallest absolute Gasteiger partial charge is 0.321 e. The quantitative estimate of drug-likeness (QED) is 0.713. The molecule has 0 radical (unpaired) electrons. The van der Waals surface area contributed by atoms with Crippen molar-refractivity contribution in [2.45, 2.75) is 30.2 Å². The second kappa shape index (κ2) is 9.50. The number of amides is 3. The van der Waals surface area contributed by atoms with Crippen molar-refractivity contribution in [1.29, 1.82) is 0 Å². The van der Waals surface area contributed by atoms with E-state index in [1.807, 2.05) is 6.07 Å². The van der Waals surface area contributed by atoms with Crippen molar-refractivity contribution < 1.29 is 18.4 Å². The number of nitrogens with one attached hydrogen (secondary N) is 2. The van der Waals surface area contributed by atoms with Gasteiger partial charge in [0.25, 0.3) is 11.7 Å². The highest BCUT2D eigenvalue weighted by molar-refractivity contribution is 7.99. The number of pyridine rings is 1. The monoisotopic (exact) mass is 406 g/mol. The Morgan fingerprint density at radius 3 is 2.71 bits per heavy atom. The summed E-state index contributed by atoms with van der Waals surface area (Å²) in [4.78, 5) is 30.2. The normalized spacial score (nSPS) is 13.6. The number of nitrogens with zero attached hydrogens (tertiary/aromatic N) is 2. The molecular weight excluding hydrogens is 386 g/mol. The number of urea groups is 1. The van der Waals surface area contributed by atoms with Gasteiger partial charge < -0.3 is 15.5 Å². The van der Waals surface area contributed by atoms with Crippen LogP contribution in [0.2, 0.25) is 0 Å². The molecule has 1 aliphatic rings. The number of benzene rings is 1. The highest BCUT2D eigenvalue weighted by atomic mass is 32.2. The largest absolute Gasteiger partial charge is 0.348 e. The molecule has 148 valence electrons. The molecule has 1 aliphatic heterocycles. The van der Waals surface area contributed by atoms with E-state index in [1.54, 1.807) is 23.1 Å². The lowest BCUT2D eigenvalue weighted by molar-refractivity contribution is 0.0947. The fraction of sp³-hybridized carbons (Fsp3) is 0.316.